The summed E-state index contributed by atoms with van der Waals surface area (Å²) in [7, 11) is 0. The van der Waals surface area contributed by atoms with Crippen LogP contribution in [0.15, 0.2) is 22.8 Å². The van der Waals surface area contributed by atoms with Gasteiger partial charge in [0.25, 0.3) is 0 Å². The van der Waals surface area contributed by atoms with Gasteiger partial charge >= 0.3 is 0 Å². The van der Waals surface area contributed by atoms with Gasteiger partial charge in [0.2, 0.25) is 0 Å². The highest BCUT2D eigenvalue weighted by molar-refractivity contribution is 14.1. The Hall–Kier alpha value is -0.630. The van der Waals surface area contributed by atoms with Crippen molar-refractivity contribution in [2.45, 2.75) is 13.5 Å². The molecular formula is C10H10BrIN4. The van der Waals surface area contributed by atoms with Crippen LogP contribution in [-0.2, 0) is 6.54 Å². The highest BCUT2D eigenvalue weighted by Crippen LogP contribution is 2.19. The van der Waals surface area contributed by atoms with Crippen molar-refractivity contribution in [1.29, 1.82) is 0 Å². The summed E-state index contributed by atoms with van der Waals surface area (Å²) in [6.45, 7) is 2.55. The first-order chi connectivity index (χ1) is 7.58. The van der Waals surface area contributed by atoms with Crippen molar-refractivity contribution in [1.82, 2.24) is 14.8 Å². The molecule has 4 nitrogen and oxygen atoms in total. The maximum atomic E-state index is 5.94. The molecule has 0 fully saturated rings. The van der Waals surface area contributed by atoms with Gasteiger partial charge in [-0.25, -0.2) is 4.68 Å². The Balaban J connectivity index is 2.27. The van der Waals surface area contributed by atoms with Gasteiger partial charge in [0.15, 0.2) is 0 Å². The summed E-state index contributed by atoms with van der Waals surface area (Å²) in [5, 5.41) is 4.36. The van der Waals surface area contributed by atoms with Crippen LogP contribution < -0.4 is 5.73 Å². The fourth-order valence-electron chi connectivity index (χ4n) is 1.35. The predicted octanol–water partition coefficient (Wildman–Crippen LogP) is 2.58. The van der Waals surface area contributed by atoms with Crippen LogP contribution in [0.5, 0.6) is 0 Å². The number of nitrogens with zero attached hydrogens (tertiary/aromatic N) is 3. The molecule has 0 atom stereocenters. The molecule has 2 N–H and O–H groups in total. The maximum Gasteiger partial charge on any atom is 0.135 e. The number of aryl methyl sites for hydroxylation is 1. The highest BCUT2D eigenvalue weighted by Gasteiger charge is 2.09. The number of aromatic nitrogens is 3. The van der Waals surface area contributed by atoms with Gasteiger partial charge < -0.3 is 5.73 Å². The number of hydrogen-bond donors (Lipinski definition) is 1. The molecule has 0 unspecified atom stereocenters. The molecule has 0 aliphatic carbocycles. The Kier molecular flexibility index (Phi) is 3.48. The molecule has 0 aliphatic rings. The fraction of sp³-hybridized carbons (Fsp3) is 0.200. The summed E-state index contributed by atoms with van der Waals surface area (Å²) in [5.41, 5.74) is 7.83. The van der Waals surface area contributed by atoms with Gasteiger partial charge in [0, 0.05) is 10.7 Å². The molecule has 0 amide bonds. The molecule has 2 aromatic heterocycles. The van der Waals surface area contributed by atoms with E-state index in [1.807, 2.05) is 19.1 Å². The standard InChI is InChI=1S/C10H10BrIN4/c1-6-9(12)10(13)16(15-6)5-8-3-2-7(11)4-14-8/h2-4H,5,13H2,1H3. The predicted molar refractivity (Wildman–Crippen MR) is 75.1 cm³/mol. The van der Waals surface area contributed by atoms with E-state index in [4.69, 9.17) is 5.73 Å². The molecule has 0 bridgehead atoms. The first kappa shape index (κ1) is 11.8. The Labute approximate surface area is 116 Å². The molecule has 0 aliphatic heterocycles. The second-order valence-corrected chi connectivity index (χ2v) is 5.40. The average Bonchev–Trinajstić information content (AvgIpc) is 2.50. The van der Waals surface area contributed by atoms with Crippen molar-refractivity contribution >= 4 is 44.3 Å². The zero-order valence-electron chi connectivity index (χ0n) is 8.61. The van der Waals surface area contributed by atoms with Crippen LogP contribution >= 0.6 is 38.5 Å². The van der Waals surface area contributed by atoms with Crippen LogP contribution in [-0.4, -0.2) is 14.8 Å². The van der Waals surface area contributed by atoms with Crippen molar-refractivity contribution in [3.8, 4) is 0 Å². The number of halogens is 2. The number of anilines is 1. The summed E-state index contributed by atoms with van der Waals surface area (Å²) in [6.07, 6.45) is 1.77. The Bertz CT molecular complexity index is 506. The Morgan fingerprint density at radius 2 is 2.25 bits per heavy atom. The maximum absolute atomic E-state index is 5.94. The number of nitrogens with two attached hydrogens (primary N) is 1. The monoisotopic (exact) mass is 392 g/mol. The van der Waals surface area contributed by atoms with Gasteiger partial charge in [-0.1, -0.05) is 0 Å². The molecule has 0 spiro atoms. The normalized spacial score (nSPS) is 10.7. The Morgan fingerprint density at radius 3 is 2.75 bits per heavy atom. The fourth-order valence-corrected chi connectivity index (χ4v) is 1.97. The molecule has 2 heterocycles. The molecule has 2 rings (SSSR count). The van der Waals surface area contributed by atoms with E-state index in [2.05, 4.69) is 48.6 Å². The lowest BCUT2D eigenvalue weighted by Crippen LogP contribution is -2.07. The van der Waals surface area contributed by atoms with Crippen LogP contribution in [0.3, 0.4) is 0 Å². The summed E-state index contributed by atoms with van der Waals surface area (Å²) in [5.74, 6) is 0.697. The minimum absolute atomic E-state index is 0.600. The van der Waals surface area contributed by atoms with Crippen molar-refractivity contribution in [2.75, 3.05) is 5.73 Å². The number of nitrogen functional groups attached to an aromatic ring is 1. The average molecular weight is 393 g/mol. The third kappa shape index (κ3) is 2.37. The summed E-state index contributed by atoms with van der Waals surface area (Å²) in [6, 6.07) is 3.91. The molecule has 0 radical (unpaired) electrons. The van der Waals surface area contributed by atoms with Crippen LogP contribution in [0.2, 0.25) is 0 Å². The van der Waals surface area contributed by atoms with E-state index in [9.17, 15) is 0 Å². The van der Waals surface area contributed by atoms with E-state index in [1.54, 1.807) is 10.9 Å². The van der Waals surface area contributed by atoms with Gasteiger partial charge in [-0.15, -0.1) is 0 Å². The Morgan fingerprint density at radius 1 is 1.50 bits per heavy atom. The molecule has 6 heteroatoms. The number of rotatable bonds is 2. The van der Waals surface area contributed by atoms with Crippen molar-refractivity contribution in [3.63, 3.8) is 0 Å². The first-order valence-electron chi connectivity index (χ1n) is 4.66. The van der Waals surface area contributed by atoms with Crippen LogP contribution in [0.4, 0.5) is 5.82 Å². The van der Waals surface area contributed by atoms with Gasteiger partial charge in [-0.05, 0) is 57.6 Å². The zero-order valence-corrected chi connectivity index (χ0v) is 12.4. The topological polar surface area (TPSA) is 56.7 Å². The quantitative estimate of drug-likeness (QED) is 0.799. The highest BCUT2D eigenvalue weighted by atomic mass is 127. The van der Waals surface area contributed by atoms with E-state index in [0.29, 0.717) is 12.4 Å². The molecular weight excluding hydrogens is 383 g/mol. The largest absolute Gasteiger partial charge is 0.383 e. The smallest absolute Gasteiger partial charge is 0.135 e. The third-order valence-corrected chi connectivity index (χ3v) is 3.99. The number of hydrogen-bond acceptors (Lipinski definition) is 3. The van der Waals surface area contributed by atoms with Gasteiger partial charge in [0.05, 0.1) is 21.5 Å². The van der Waals surface area contributed by atoms with E-state index >= 15 is 0 Å². The van der Waals surface area contributed by atoms with Gasteiger partial charge in [-0.3, -0.25) is 4.98 Å². The molecule has 0 saturated carbocycles. The van der Waals surface area contributed by atoms with E-state index in [1.165, 1.54) is 0 Å². The van der Waals surface area contributed by atoms with Crippen molar-refractivity contribution in [3.05, 3.63) is 37.8 Å². The van der Waals surface area contributed by atoms with E-state index < -0.39 is 0 Å². The lowest BCUT2D eigenvalue weighted by molar-refractivity contribution is 0.675. The molecule has 2 aromatic rings. The minimum atomic E-state index is 0.600. The summed E-state index contributed by atoms with van der Waals surface area (Å²) < 4.78 is 3.75. The van der Waals surface area contributed by atoms with Crippen LogP contribution in [0.25, 0.3) is 0 Å². The first-order valence-corrected chi connectivity index (χ1v) is 6.54. The second kappa shape index (κ2) is 4.70. The minimum Gasteiger partial charge on any atom is -0.383 e. The number of pyridine rings is 1. The summed E-state index contributed by atoms with van der Waals surface area (Å²) >= 11 is 5.55. The van der Waals surface area contributed by atoms with Crippen LogP contribution in [0.1, 0.15) is 11.4 Å². The van der Waals surface area contributed by atoms with Crippen molar-refractivity contribution in [2.24, 2.45) is 0 Å². The zero-order chi connectivity index (χ0) is 11.7. The molecule has 0 saturated heterocycles. The van der Waals surface area contributed by atoms with E-state index in [0.717, 1.165) is 19.4 Å². The lowest BCUT2D eigenvalue weighted by Gasteiger charge is -2.03. The van der Waals surface area contributed by atoms with Crippen LogP contribution in [0, 0.1) is 10.5 Å². The molecule has 0 aromatic carbocycles. The van der Waals surface area contributed by atoms with Gasteiger partial charge in [0.1, 0.15) is 5.82 Å². The van der Waals surface area contributed by atoms with Gasteiger partial charge in [-0.2, -0.15) is 5.10 Å². The van der Waals surface area contributed by atoms with E-state index in [-0.39, 0.29) is 0 Å². The third-order valence-electron chi connectivity index (χ3n) is 2.19. The molecule has 84 valence electrons. The molecule has 16 heavy (non-hydrogen) atoms. The lowest BCUT2D eigenvalue weighted by atomic mass is 10.3. The summed E-state index contributed by atoms with van der Waals surface area (Å²) in [4.78, 5) is 4.29. The second-order valence-electron chi connectivity index (χ2n) is 3.41. The van der Waals surface area contributed by atoms with Crippen molar-refractivity contribution < 1.29 is 0 Å². The SMILES string of the molecule is Cc1nn(Cc2ccc(Br)cn2)c(N)c1I.